The lowest BCUT2D eigenvalue weighted by molar-refractivity contribution is -0.528. The second-order valence-corrected chi connectivity index (χ2v) is 7.09. The zero-order chi connectivity index (χ0) is 19.2. The summed E-state index contributed by atoms with van der Waals surface area (Å²) in [5.41, 5.74) is 6.10. The number of nitro groups is 1. The van der Waals surface area contributed by atoms with Gasteiger partial charge in [0.05, 0.1) is 6.61 Å². The number of hydrogen-bond acceptors (Lipinski definition) is 6. The van der Waals surface area contributed by atoms with Gasteiger partial charge in [-0.25, -0.2) is 9.82 Å². The number of benzene rings is 1. The van der Waals surface area contributed by atoms with Crippen LogP contribution in [0.2, 0.25) is 0 Å². The van der Waals surface area contributed by atoms with Gasteiger partial charge in [-0.1, -0.05) is 0 Å². The molecule has 4 atom stereocenters. The Labute approximate surface area is 157 Å². The summed E-state index contributed by atoms with van der Waals surface area (Å²) < 4.78 is 18.3. The molecule has 0 aromatic heterocycles. The van der Waals surface area contributed by atoms with Gasteiger partial charge in [-0.3, -0.25) is 20.3 Å². The normalized spacial score (nSPS) is 27.0. The Morgan fingerprint density at radius 1 is 1.26 bits per heavy atom. The van der Waals surface area contributed by atoms with Crippen LogP contribution in [0.25, 0.3) is 0 Å². The van der Waals surface area contributed by atoms with Crippen LogP contribution in [-0.4, -0.2) is 42.1 Å². The van der Waals surface area contributed by atoms with Crippen LogP contribution in [0.4, 0.5) is 4.39 Å². The van der Waals surface area contributed by atoms with Gasteiger partial charge in [-0.05, 0) is 43.5 Å². The van der Waals surface area contributed by atoms with Crippen molar-refractivity contribution in [3.05, 3.63) is 40.2 Å². The van der Waals surface area contributed by atoms with Crippen LogP contribution in [0.3, 0.4) is 0 Å². The summed E-state index contributed by atoms with van der Waals surface area (Å²) in [4.78, 5) is 23.2. The molecule has 8 nitrogen and oxygen atoms in total. The summed E-state index contributed by atoms with van der Waals surface area (Å²) in [6.45, 7) is 1.000. The Kier molecular flexibility index (Phi) is 6.57. The molecule has 27 heavy (non-hydrogen) atoms. The van der Waals surface area contributed by atoms with Crippen molar-refractivity contribution in [2.45, 2.75) is 50.2 Å². The Balaban J connectivity index is 1.34. The summed E-state index contributed by atoms with van der Waals surface area (Å²) in [7, 11) is 0. The van der Waals surface area contributed by atoms with Crippen LogP contribution in [-0.2, 0) is 4.79 Å². The average molecular weight is 380 g/mol. The van der Waals surface area contributed by atoms with Gasteiger partial charge in [-0.15, -0.1) is 0 Å². The molecule has 148 valence electrons. The molecule has 3 rings (SSSR count). The van der Waals surface area contributed by atoms with Gasteiger partial charge in [0.15, 0.2) is 0 Å². The molecule has 1 aromatic rings. The summed E-state index contributed by atoms with van der Waals surface area (Å²) in [6.07, 6.45) is 3.17. The van der Waals surface area contributed by atoms with E-state index in [0.29, 0.717) is 38.2 Å². The molecule has 1 aliphatic heterocycles. The van der Waals surface area contributed by atoms with Gasteiger partial charge in [0.1, 0.15) is 17.6 Å². The van der Waals surface area contributed by atoms with E-state index in [1.165, 1.54) is 12.1 Å². The van der Waals surface area contributed by atoms with Gasteiger partial charge < -0.3 is 10.1 Å². The molecule has 1 amide bonds. The van der Waals surface area contributed by atoms with Crippen LogP contribution in [0.5, 0.6) is 5.75 Å². The second kappa shape index (κ2) is 9.09. The zero-order valence-electron chi connectivity index (χ0n) is 15.0. The minimum Gasteiger partial charge on any atom is -0.494 e. The Bertz CT molecular complexity index is 657. The highest BCUT2D eigenvalue weighted by Gasteiger charge is 2.46. The van der Waals surface area contributed by atoms with Gasteiger partial charge in [0, 0.05) is 36.3 Å². The number of nitrogens with one attached hydrogen (secondary N) is 3. The molecular formula is C18H25FN4O4. The van der Waals surface area contributed by atoms with Crippen LogP contribution in [0.1, 0.15) is 32.1 Å². The molecule has 1 heterocycles. The molecule has 0 bridgehead atoms. The maximum absolute atomic E-state index is 12.8. The molecule has 3 N–H and O–H groups in total. The number of nitrogens with zero attached hydrogens (tertiary/aromatic N) is 1. The van der Waals surface area contributed by atoms with Crippen molar-refractivity contribution >= 4 is 5.91 Å². The molecule has 1 aromatic carbocycles. The van der Waals surface area contributed by atoms with Crippen molar-refractivity contribution in [3.63, 3.8) is 0 Å². The van der Waals surface area contributed by atoms with Crippen molar-refractivity contribution in [3.8, 4) is 5.75 Å². The molecule has 4 unspecified atom stereocenters. The van der Waals surface area contributed by atoms with Crippen molar-refractivity contribution in [1.82, 2.24) is 16.2 Å². The number of halogens is 1. The molecule has 1 saturated carbocycles. The molecule has 0 spiro atoms. The summed E-state index contributed by atoms with van der Waals surface area (Å²) >= 11 is 0. The van der Waals surface area contributed by atoms with E-state index in [4.69, 9.17) is 4.74 Å². The number of fused-ring (bicyclic) bond motifs is 1. The highest BCUT2D eigenvalue weighted by Crippen LogP contribution is 2.31. The highest BCUT2D eigenvalue weighted by molar-refractivity contribution is 5.82. The molecule has 1 saturated heterocycles. The van der Waals surface area contributed by atoms with Gasteiger partial charge in [0.2, 0.25) is 11.9 Å². The van der Waals surface area contributed by atoms with Crippen LogP contribution >= 0.6 is 0 Å². The topological polar surface area (TPSA) is 106 Å². The maximum atomic E-state index is 12.8. The minimum atomic E-state index is -0.563. The third-order valence-corrected chi connectivity index (χ3v) is 5.26. The molecule has 9 heteroatoms. The van der Waals surface area contributed by atoms with Gasteiger partial charge in [-0.2, -0.15) is 0 Å². The number of ether oxygens (including phenoxy) is 1. The SMILES string of the molecule is O=C(NCCCCOc1ccc(F)cc1)C1NNC2CCC([N+](=O)[O-])CC21. The van der Waals surface area contributed by atoms with Crippen molar-refractivity contribution in [2.24, 2.45) is 5.92 Å². The predicted octanol–water partition coefficient (Wildman–Crippen LogP) is 1.39. The fourth-order valence-electron chi connectivity index (χ4n) is 3.75. The monoisotopic (exact) mass is 380 g/mol. The van der Waals surface area contributed by atoms with E-state index >= 15 is 0 Å². The van der Waals surface area contributed by atoms with E-state index in [2.05, 4.69) is 16.2 Å². The largest absolute Gasteiger partial charge is 0.494 e. The molecule has 1 aliphatic carbocycles. The summed E-state index contributed by atoms with van der Waals surface area (Å²) in [5, 5.41) is 13.9. The Morgan fingerprint density at radius 2 is 2.04 bits per heavy atom. The van der Waals surface area contributed by atoms with E-state index in [1.54, 1.807) is 12.1 Å². The van der Waals surface area contributed by atoms with Gasteiger partial charge in [0.25, 0.3) is 0 Å². The van der Waals surface area contributed by atoms with E-state index in [9.17, 15) is 19.3 Å². The predicted molar refractivity (Wildman–Crippen MR) is 96.1 cm³/mol. The number of carbonyl (C=O) groups excluding carboxylic acids is 1. The minimum absolute atomic E-state index is 0.0593. The number of amides is 1. The van der Waals surface area contributed by atoms with E-state index in [-0.39, 0.29) is 28.6 Å². The van der Waals surface area contributed by atoms with E-state index < -0.39 is 12.1 Å². The first kappa shape index (κ1) is 19.5. The smallest absolute Gasteiger partial charge is 0.238 e. The number of carbonyl (C=O) groups is 1. The van der Waals surface area contributed by atoms with Crippen molar-refractivity contribution < 1.29 is 18.8 Å². The molecule has 0 radical (unpaired) electrons. The fourth-order valence-corrected chi connectivity index (χ4v) is 3.75. The quantitative estimate of drug-likeness (QED) is 0.358. The van der Waals surface area contributed by atoms with E-state index in [0.717, 1.165) is 12.8 Å². The average Bonchev–Trinajstić information content (AvgIpc) is 3.09. The summed E-state index contributed by atoms with van der Waals surface area (Å²) in [5.74, 6) is 0.129. The van der Waals surface area contributed by atoms with Crippen molar-refractivity contribution in [2.75, 3.05) is 13.2 Å². The van der Waals surface area contributed by atoms with Crippen LogP contribution in [0, 0.1) is 21.8 Å². The molecule has 2 aliphatic rings. The Hall–Kier alpha value is -2.26. The maximum Gasteiger partial charge on any atom is 0.238 e. The molecular weight excluding hydrogens is 355 g/mol. The highest BCUT2D eigenvalue weighted by atomic mass is 19.1. The lowest BCUT2D eigenvalue weighted by Gasteiger charge is -2.28. The van der Waals surface area contributed by atoms with Crippen LogP contribution < -0.4 is 20.9 Å². The number of hydrogen-bond donors (Lipinski definition) is 3. The van der Waals surface area contributed by atoms with E-state index in [1.807, 2.05) is 0 Å². The first-order valence-corrected chi connectivity index (χ1v) is 9.35. The number of unbranched alkanes of at least 4 members (excludes halogenated alkanes) is 1. The third-order valence-electron chi connectivity index (χ3n) is 5.26. The number of hydrazine groups is 1. The first-order chi connectivity index (χ1) is 13.0. The third kappa shape index (κ3) is 5.14. The fraction of sp³-hybridized carbons (Fsp3) is 0.611. The van der Waals surface area contributed by atoms with Crippen molar-refractivity contribution in [1.29, 1.82) is 0 Å². The van der Waals surface area contributed by atoms with Crippen LogP contribution in [0.15, 0.2) is 24.3 Å². The second-order valence-electron chi connectivity index (χ2n) is 7.09. The zero-order valence-corrected chi connectivity index (χ0v) is 15.0. The first-order valence-electron chi connectivity index (χ1n) is 9.35. The van der Waals surface area contributed by atoms with Gasteiger partial charge >= 0.3 is 0 Å². The summed E-state index contributed by atoms with van der Waals surface area (Å²) in [6, 6.07) is 4.96. The molecule has 2 fully saturated rings. The standard InChI is InChI=1S/C18H25FN4O4/c19-12-3-6-14(7-4-12)27-10-2-1-9-20-18(24)17-15-11-13(23(25)26)5-8-16(15)21-22-17/h3-4,6-7,13,15-17,21-22H,1-2,5,8-11H2,(H,20,24). The number of rotatable bonds is 8. The lowest BCUT2D eigenvalue weighted by atomic mass is 9.79. The lowest BCUT2D eigenvalue weighted by Crippen LogP contribution is -2.47. The Morgan fingerprint density at radius 3 is 2.78 bits per heavy atom.